The van der Waals surface area contributed by atoms with Crippen LogP contribution in [0.25, 0.3) is 5.57 Å². The van der Waals surface area contributed by atoms with Gasteiger partial charge in [-0.2, -0.15) is 0 Å². The van der Waals surface area contributed by atoms with Gasteiger partial charge in [-0.1, -0.05) is 84.2 Å². The lowest BCUT2D eigenvalue weighted by molar-refractivity contribution is -0.144. The molecule has 0 aromatic heterocycles. The molecule has 520 valence electrons. The molecule has 6 amide bonds. The molecular weight excluding hydrogens is 1260 g/mol. The highest BCUT2D eigenvalue weighted by Gasteiger charge is 2.60. The quantitative estimate of drug-likeness (QED) is 0.0127. The Balaban J connectivity index is 0.909. The van der Waals surface area contributed by atoms with E-state index in [1.54, 1.807) is 114 Å². The van der Waals surface area contributed by atoms with E-state index in [4.69, 9.17) is 42.3 Å². The molecule has 1 saturated heterocycles. The lowest BCUT2D eigenvalue weighted by Gasteiger charge is -2.44. The second-order valence-corrected chi connectivity index (χ2v) is 32.8. The first-order valence-electron chi connectivity index (χ1n) is 32.7. The number of esters is 1. The number of rotatable bonds is 24. The third-order valence-corrected chi connectivity index (χ3v) is 22.6. The van der Waals surface area contributed by atoms with Gasteiger partial charge >= 0.3 is 24.3 Å². The largest absolute Gasteiger partial charge is 0.514 e. The van der Waals surface area contributed by atoms with Crippen molar-refractivity contribution in [2.75, 3.05) is 55.6 Å². The monoisotopic (exact) mass is 1350 g/mol. The van der Waals surface area contributed by atoms with E-state index in [1.807, 2.05) is 11.8 Å². The topological polar surface area (TPSA) is 277 Å². The van der Waals surface area contributed by atoms with Gasteiger partial charge in [-0.3, -0.25) is 19.2 Å². The van der Waals surface area contributed by atoms with Crippen LogP contribution in [0.4, 0.5) is 31.4 Å². The standard InChI is InChI=1S/C72H91N7O17Si/c1-16-29-91-66(84)60-54-34-47(46-21-25-49(26-22-46)94-69(87)95-70(7,8)9)39-77(54)63(82)50-35-57(88-13)58(36-52(50)75-60)90-32-18-31-89-56-37-53-51(33-43(56)5)64(83)78-41-72(27-28-72)38-55(78)65(96-97(14,15)71(10,11)12)79(53)68(86)93-40-45-19-23-48(24-20-45)74-61(80)44(6)73-62(81)59(42(3)4)76-67(85)92-30-17-2/h16-17,19-26,33,35-37,39,42,44,54-55,59-60,65,75H,1-2,18,27-32,34,38,40-41H2,3-15H3,(H,73,81)(H,74,80)(H,76,85)/t44-,54-,55-,59-,60?,65?/m0/s1. The van der Waals surface area contributed by atoms with Gasteiger partial charge in [0.05, 0.1) is 54.9 Å². The van der Waals surface area contributed by atoms with Crippen LogP contribution in [-0.4, -0.2) is 148 Å². The molecular formula is C72H91N7O17Si. The summed E-state index contributed by atoms with van der Waals surface area (Å²) in [6, 6.07) is 15.9. The molecule has 97 heavy (non-hydrogen) atoms. The molecule has 0 radical (unpaired) electrons. The number of hydrogen-bond acceptors (Lipinski definition) is 18. The SMILES string of the molecule is C=CCOC(=O)N[C@H](C(=O)N[C@@H](C)C(=O)Nc1ccc(COC(=O)N2c3cc(OCCCOc4cc5c(cc4OC)C(=O)N4C=C(c6ccc(OC(=O)OC(C)(C)C)cc6)C[C@H]4C(C(=O)OCC=C)N5)c(C)cc3C(=O)N3CC4(CC4)C[C@H]3C2O[Si](C)(C)C(C)(C)C)cc1)C(C)C. The number of fused-ring (bicyclic) bond motifs is 4. The first kappa shape index (κ1) is 71.9. The molecule has 9 rings (SSSR count). The Bertz CT molecular complexity index is 3700. The van der Waals surface area contributed by atoms with E-state index < -0.39 is 92.4 Å². The molecule has 5 aliphatic rings. The number of ether oxygens (including phenoxy) is 8. The normalized spacial score (nSPS) is 19.0. The van der Waals surface area contributed by atoms with Crippen LogP contribution < -0.4 is 45.1 Å². The minimum Gasteiger partial charge on any atom is -0.493 e. The van der Waals surface area contributed by atoms with Crippen LogP contribution in [0.15, 0.2) is 104 Å². The van der Waals surface area contributed by atoms with Gasteiger partial charge in [0.15, 0.2) is 26.0 Å². The lowest BCUT2D eigenvalue weighted by Crippen LogP contribution is -2.58. The number of anilines is 3. The number of nitrogens with one attached hydrogen (secondary N) is 4. The van der Waals surface area contributed by atoms with Crippen molar-refractivity contribution in [3.63, 3.8) is 0 Å². The van der Waals surface area contributed by atoms with E-state index in [0.29, 0.717) is 53.2 Å². The number of alkyl carbamates (subject to hydrolysis) is 1. The molecule has 4 aliphatic heterocycles. The molecule has 1 aliphatic carbocycles. The van der Waals surface area contributed by atoms with E-state index >= 15 is 9.59 Å². The van der Waals surface area contributed by atoms with Gasteiger partial charge in [-0.15, -0.1) is 0 Å². The van der Waals surface area contributed by atoms with Crippen molar-refractivity contribution in [3.8, 4) is 23.0 Å². The van der Waals surface area contributed by atoms with Crippen molar-refractivity contribution in [2.45, 2.75) is 168 Å². The molecule has 24 nitrogen and oxygen atoms in total. The number of carbonyl (C=O) groups excluding carboxylic acids is 8. The number of aryl methyl sites for hydroxylation is 1. The predicted molar refractivity (Wildman–Crippen MR) is 366 cm³/mol. The van der Waals surface area contributed by atoms with Gasteiger partial charge in [0.2, 0.25) is 11.8 Å². The summed E-state index contributed by atoms with van der Waals surface area (Å²) in [5.74, 6) is -1.40. The minimum absolute atomic E-state index is 0.0358. The molecule has 6 atom stereocenters. The Morgan fingerprint density at radius 3 is 2.08 bits per heavy atom. The van der Waals surface area contributed by atoms with Crippen LogP contribution in [0.5, 0.6) is 23.0 Å². The summed E-state index contributed by atoms with van der Waals surface area (Å²) in [4.78, 5) is 115. The molecule has 2 unspecified atom stereocenters. The van der Waals surface area contributed by atoms with Crippen molar-refractivity contribution < 1.29 is 80.7 Å². The molecule has 4 N–H and O–H groups in total. The minimum atomic E-state index is -2.71. The smallest absolute Gasteiger partial charge is 0.493 e. The van der Waals surface area contributed by atoms with Gasteiger partial charge in [0.1, 0.15) is 55.0 Å². The Kier molecular flexibility index (Phi) is 21.9. The van der Waals surface area contributed by atoms with Gasteiger partial charge in [-0.05, 0) is 148 Å². The zero-order chi connectivity index (χ0) is 70.5. The number of amides is 6. The van der Waals surface area contributed by atoms with Crippen molar-refractivity contribution in [2.24, 2.45) is 11.3 Å². The van der Waals surface area contributed by atoms with Crippen LogP contribution in [0.1, 0.15) is 132 Å². The Labute approximate surface area is 567 Å². The summed E-state index contributed by atoms with van der Waals surface area (Å²) in [6.07, 6.45) is 4.43. The fraction of sp³-hybridized carbons (Fsp3) is 0.472. The predicted octanol–water partition coefficient (Wildman–Crippen LogP) is 11.8. The van der Waals surface area contributed by atoms with Crippen molar-refractivity contribution in [1.82, 2.24) is 20.4 Å². The fourth-order valence-corrected chi connectivity index (χ4v) is 13.0. The van der Waals surface area contributed by atoms with E-state index in [9.17, 15) is 28.8 Å². The van der Waals surface area contributed by atoms with Gasteiger partial charge in [0, 0.05) is 37.0 Å². The van der Waals surface area contributed by atoms with Crippen molar-refractivity contribution in [3.05, 3.63) is 132 Å². The third-order valence-electron chi connectivity index (χ3n) is 18.2. The zero-order valence-electron chi connectivity index (χ0n) is 57.7. The van der Waals surface area contributed by atoms with Crippen LogP contribution in [0, 0.1) is 18.3 Å². The summed E-state index contributed by atoms with van der Waals surface area (Å²) in [5.41, 5.74) is 3.44. The second-order valence-electron chi connectivity index (χ2n) is 28.1. The average molecular weight is 1350 g/mol. The van der Waals surface area contributed by atoms with E-state index in [2.05, 4.69) is 68.3 Å². The summed E-state index contributed by atoms with van der Waals surface area (Å²) < 4.78 is 53.5. The molecule has 4 heterocycles. The number of hydrogen-bond donors (Lipinski definition) is 4. The van der Waals surface area contributed by atoms with Gasteiger partial charge in [-0.25, -0.2) is 24.1 Å². The Morgan fingerprint density at radius 1 is 0.784 bits per heavy atom. The van der Waals surface area contributed by atoms with Crippen LogP contribution in [-0.2, 0) is 44.4 Å². The first-order valence-corrected chi connectivity index (χ1v) is 35.6. The van der Waals surface area contributed by atoms with Crippen molar-refractivity contribution >= 4 is 78.9 Å². The maximum atomic E-state index is 15.2. The average Bonchev–Trinajstić information content (AvgIpc) is 1.57. The van der Waals surface area contributed by atoms with E-state index in [0.717, 1.165) is 24.0 Å². The lowest BCUT2D eigenvalue weighted by atomic mass is 9.98. The maximum Gasteiger partial charge on any atom is 0.514 e. The number of carbonyl (C=O) groups is 8. The van der Waals surface area contributed by atoms with E-state index in [-0.39, 0.29) is 90.2 Å². The molecule has 1 saturated carbocycles. The van der Waals surface area contributed by atoms with E-state index in [1.165, 1.54) is 36.0 Å². The first-order chi connectivity index (χ1) is 45.8. The highest BCUT2D eigenvalue weighted by molar-refractivity contribution is 6.74. The highest BCUT2D eigenvalue weighted by Crippen LogP contribution is 2.58. The van der Waals surface area contributed by atoms with Crippen LogP contribution in [0.2, 0.25) is 18.1 Å². The van der Waals surface area contributed by atoms with Gasteiger partial charge in [0.25, 0.3) is 11.8 Å². The number of methoxy groups -OCH3 is 1. The Hall–Kier alpha value is -9.36. The fourth-order valence-electron chi connectivity index (χ4n) is 11.8. The second kappa shape index (κ2) is 29.5. The molecule has 4 aromatic rings. The molecule has 1 spiro atoms. The Morgan fingerprint density at radius 2 is 1.45 bits per heavy atom. The number of nitrogens with zero attached hydrogens (tertiary/aromatic N) is 3. The van der Waals surface area contributed by atoms with Crippen molar-refractivity contribution in [1.29, 1.82) is 0 Å². The van der Waals surface area contributed by atoms with Gasteiger partial charge < -0.3 is 73.4 Å². The summed E-state index contributed by atoms with van der Waals surface area (Å²) >= 11 is 0. The van der Waals surface area contributed by atoms with Crippen LogP contribution >= 0.6 is 0 Å². The zero-order valence-corrected chi connectivity index (χ0v) is 58.7. The highest BCUT2D eigenvalue weighted by atomic mass is 28.4. The number of benzene rings is 4. The third kappa shape index (κ3) is 16.9. The van der Waals surface area contributed by atoms with Crippen LogP contribution in [0.3, 0.4) is 0 Å². The molecule has 2 fully saturated rings. The summed E-state index contributed by atoms with van der Waals surface area (Å²) in [6.45, 7) is 30.4. The summed E-state index contributed by atoms with van der Waals surface area (Å²) in [7, 11) is -1.25. The maximum absolute atomic E-state index is 15.2. The summed E-state index contributed by atoms with van der Waals surface area (Å²) in [5, 5.41) is 11.0. The molecule has 25 heteroatoms. The molecule has 0 bridgehead atoms. The molecule has 4 aromatic carbocycles.